The molecule has 0 bridgehead atoms. The molecule has 184 valence electrons. The van der Waals surface area contributed by atoms with Crippen LogP contribution in [0, 0.1) is 0 Å². The summed E-state index contributed by atoms with van der Waals surface area (Å²) < 4.78 is 10.7. The van der Waals surface area contributed by atoms with Crippen LogP contribution in [0.2, 0.25) is 5.02 Å². The van der Waals surface area contributed by atoms with E-state index in [1.54, 1.807) is 48.7 Å². The highest BCUT2D eigenvalue weighted by molar-refractivity contribution is 7.10. The first kappa shape index (κ1) is 25.1. The molecule has 0 N–H and O–H groups in total. The van der Waals surface area contributed by atoms with Crippen molar-refractivity contribution < 1.29 is 19.1 Å². The summed E-state index contributed by atoms with van der Waals surface area (Å²) in [6.07, 6.45) is 0.797. The van der Waals surface area contributed by atoms with Gasteiger partial charge in [0.15, 0.2) is 0 Å². The number of nitrogens with zero attached hydrogens (tertiary/aromatic N) is 2. The molecule has 0 radical (unpaired) electrons. The monoisotopic (exact) mass is 512 g/mol. The Morgan fingerprint density at radius 2 is 1.74 bits per heavy atom. The topological polar surface area (TPSA) is 59.1 Å². The summed E-state index contributed by atoms with van der Waals surface area (Å²) in [5, 5.41) is 2.72. The predicted octanol–water partition coefficient (Wildman–Crippen LogP) is 5.44. The van der Waals surface area contributed by atoms with Gasteiger partial charge in [0.05, 0.1) is 20.3 Å². The highest BCUT2D eigenvalue weighted by Crippen LogP contribution is 2.38. The highest BCUT2D eigenvalue weighted by atomic mass is 35.5. The molecule has 35 heavy (non-hydrogen) atoms. The van der Waals surface area contributed by atoms with E-state index in [9.17, 15) is 9.59 Å². The summed E-state index contributed by atoms with van der Waals surface area (Å²) in [6.45, 7) is 4.38. The van der Waals surface area contributed by atoms with Gasteiger partial charge in [-0.1, -0.05) is 23.7 Å². The maximum atomic E-state index is 13.7. The van der Waals surface area contributed by atoms with Crippen LogP contribution in [0.1, 0.15) is 46.3 Å². The van der Waals surface area contributed by atoms with E-state index in [-0.39, 0.29) is 30.4 Å². The fourth-order valence-corrected chi connectivity index (χ4v) is 5.44. The molecule has 0 saturated heterocycles. The van der Waals surface area contributed by atoms with E-state index < -0.39 is 0 Å². The van der Waals surface area contributed by atoms with Gasteiger partial charge < -0.3 is 19.3 Å². The molecule has 3 aromatic rings. The molecule has 1 atom stereocenters. The van der Waals surface area contributed by atoms with Crippen molar-refractivity contribution in [2.75, 3.05) is 27.3 Å². The lowest BCUT2D eigenvalue weighted by molar-refractivity contribution is -0.134. The molecule has 1 aliphatic heterocycles. The van der Waals surface area contributed by atoms with E-state index in [4.69, 9.17) is 21.1 Å². The third-order valence-corrected chi connectivity index (χ3v) is 7.51. The van der Waals surface area contributed by atoms with Crippen LogP contribution >= 0.6 is 22.9 Å². The second kappa shape index (κ2) is 10.7. The van der Waals surface area contributed by atoms with Crippen LogP contribution in [0.5, 0.6) is 11.5 Å². The molecule has 8 heteroatoms. The van der Waals surface area contributed by atoms with E-state index in [1.165, 1.54) is 4.88 Å². The van der Waals surface area contributed by atoms with Crippen LogP contribution in [-0.4, -0.2) is 55.0 Å². The van der Waals surface area contributed by atoms with Gasteiger partial charge in [0.1, 0.15) is 18.0 Å². The van der Waals surface area contributed by atoms with Crippen LogP contribution in [-0.2, 0) is 11.2 Å². The number of rotatable bonds is 7. The van der Waals surface area contributed by atoms with Crippen LogP contribution in [0.25, 0.3) is 0 Å². The number of ether oxygens (including phenoxy) is 2. The maximum Gasteiger partial charge on any atom is 0.254 e. The minimum absolute atomic E-state index is 0.0282. The molecule has 2 amide bonds. The summed E-state index contributed by atoms with van der Waals surface area (Å²) >= 11 is 7.84. The average Bonchev–Trinajstić information content (AvgIpc) is 3.35. The fraction of sp³-hybridized carbons (Fsp3) is 0.333. The second-order valence-corrected chi connectivity index (χ2v) is 10.2. The number of halogens is 1. The van der Waals surface area contributed by atoms with E-state index in [2.05, 4.69) is 11.4 Å². The zero-order chi connectivity index (χ0) is 25.1. The molecule has 4 rings (SSSR count). The number of carbonyl (C=O) groups is 2. The third-order valence-electron chi connectivity index (χ3n) is 6.26. The Hall–Kier alpha value is -3.03. The van der Waals surface area contributed by atoms with E-state index >= 15 is 0 Å². The number of hydrogen-bond donors (Lipinski definition) is 0. The summed E-state index contributed by atoms with van der Waals surface area (Å²) in [5.41, 5.74) is 2.55. The molecule has 0 spiro atoms. The molecular formula is C27H29ClN2O4S. The van der Waals surface area contributed by atoms with Crippen molar-refractivity contribution in [3.05, 3.63) is 80.5 Å². The van der Waals surface area contributed by atoms with E-state index in [1.807, 2.05) is 43.0 Å². The zero-order valence-corrected chi connectivity index (χ0v) is 21.9. The molecule has 0 fully saturated rings. The van der Waals surface area contributed by atoms with Gasteiger partial charge in [-0.15, -0.1) is 11.3 Å². The quantitative estimate of drug-likeness (QED) is 0.423. The van der Waals surface area contributed by atoms with Gasteiger partial charge in [-0.2, -0.15) is 0 Å². The first-order valence-electron chi connectivity index (χ1n) is 11.5. The molecule has 1 unspecified atom stereocenters. The first-order chi connectivity index (χ1) is 16.8. The van der Waals surface area contributed by atoms with Gasteiger partial charge in [-0.3, -0.25) is 9.59 Å². The first-order valence-corrected chi connectivity index (χ1v) is 12.7. The van der Waals surface area contributed by atoms with Crippen molar-refractivity contribution in [1.29, 1.82) is 0 Å². The summed E-state index contributed by atoms with van der Waals surface area (Å²) in [4.78, 5) is 32.0. The van der Waals surface area contributed by atoms with Crippen LogP contribution in [0.4, 0.5) is 0 Å². The van der Waals surface area contributed by atoms with Crippen molar-refractivity contribution in [2.45, 2.75) is 32.4 Å². The standard InChI is InChI=1S/C27H29ClN2O4S/c1-17(2)30(27(32)19-13-21(33-3)15-22(14-19)34-4)16-25(31)29-11-9-24-23(10-12-35-24)26(29)18-5-7-20(28)8-6-18/h5-8,10,12-15,17,26H,9,11,16H2,1-4H3. The molecule has 2 heterocycles. The summed E-state index contributed by atoms with van der Waals surface area (Å²) in [5.74, 6) is 0.693. The number of amides is 2. The SMILES string of the molecule is COc1cc(OC)cc(C(=O)N(CC(=O)N2CCc3sccc3C2c2ccc(Cl)cc2)C(C)C)c1. The molecule has 0 aliphatic carbocycles. The van der Waals surface area contributed by atoms with Crippen molar-refractivity contribution in [1.82, 2.24) is 9.80 Å². The molecule has 1 aromatic heterocycles. The van der Waals surface area contributed by atoms with Crippen LogP contribution < -0.4 is 9.47 Å². The van der Waals surface area contributed by atoms with Crippen molar-refractivity contribution in [3.8, 4) is 11.5 Å². The minimum Gasteiger partial charge on any atom is -0.497 e. The minimum atomic E-state index is -0.248. The Labute approximate surface area is 215 Å². The Balaban J connectivity index is 1.63. The number of carbonyl (C=O) groups excluding carboxylic acids is 2. The second-order valence-electron chi connectivity index (χ2n) is 8.72. The van der Waals surface area contributed by atoms with E-state index in [0.717, 1.165) is 17.5 Å². The molecule has 2 aromatic carbocycles. The van der Waals surface area contributed by atoms with Gasteiger partial charge in [0, 0.05) is 34.1 Å². The van der Waals surface area contributed by atoms with Gasteiger partial charge in [0.25, 0.3) is 5.91 Å². The Kier molecular flexibility index (Phi) is 7.67. The van der Waals surface area contributed by atoms with Crippen LogP contribution in [0.3, 0.4) is 0 Å². The molecule has 6 nitrogen and oxygen atoms in total. The van der Waals surface area contributed by atoms with Gasteiger partial charge >= 0.3 is 0 Å². The summed E-state index contributed by atoms with van der Waals surface area (Å²) in [6, 6.07) is 14.4. The number of methoxy groups -OCH3 is 2. The van der Waals surface area contributed by atoms with Gasteiger partial charge in [0.2, 0.25) is 5.91 Å². The van der Waals surface area contributed by atoms with Crippen LogP contribution in [0.15, 0.2) is 53.9 Å². The number of fused-ring (bicyclic) bond motifs is 1. The fourth-order valence-electron chi connectivity index (χ4n) is 4.41. The Morgan fingerprint density at radius 3 is 2.34 bits per heavy atom. The number of hydrogen-bond acceptors (Lipinski definition) is 5. The Morgan fingerprint density at radius 1 is 1.09 bits per heavy atom. The van der Waals surface area contributed by atoms with Gasteiger partial charge in [-0.25, -0.2) is 0 Å². The predicted molar refractivity (Wildman–Crippen MR) is 139 cm³/mol. The lowest BCUT2D eigenvalue weighted by atomic mass is 9.93. The lowest BCUT2D eigenvalue weighted by Crippen LogP contribution is -2.48. The van der Waals surface area contributed by atoms with Crippen molar-refractivity contribution in [3.63, 3.8) is 0 Å². The van der Waals surface area contributed by atoms with E-state index in [0.29, 0.717) is 28.6 Å². The highest BCUT2D eigenvalue weighted by Gasteiger charge is 2.34. The third kappa shape index (κ3) is 5.31. The summed E-state index contributed by atoms with van der Waals surface area (Å²) in [7, 11) is 3.08. The number of benzene rings is 2. The number of thiophene rings is 1. The molecule has 1 aliphatic rings. The average molecular weight is 513 g/mol. The molecular weight excluding hydrogens is 484 g/mol. The smallest absolute Gasteiger partial charge is 0.254 e. The largest absolute Gasteiger partial charge is 0.497 e. The van der Waals surface area contributed by atoms with Crippen molar-refractivity contribution in [2.24, 2.45) is 0 Å². The van der Waals surface area contributed by atoms with Crippen molar-refractivity contribution >= 4 is 34.8 Å². The Bertz CT molecular complexity index is 1190. The molecule has 0 saturated carbocycles. The zero-order valence-electron chi connectivity index (χ0n) is 20.3. The maximum absolute atomic E-state index is 13.7. The lowest BCUT2D eigenvalue weighted by Gasteiger charge is -2.38. The van der Waals surface area contributed by atoms with Gasteiger partial charge in [-0.05, 0) is 67.1 Å². The normalized spacial score (nSPS) is 15.0.